The van der Waals surface area contributed by atoms with Crippen molar-refractivity contribution < 1.29 is 14.4 Å². The first-order chi connectivity index (χ1) is 16.9. The number of nitrogens with one attached hydrogen (secondary N) is 3. The lowest BCUT2D eigenvalue weighted by Crippen LogP contribution is -2.26. The van der Waals surface area contributed by atoms with Gasteiger partial charge in [-0.25, -0.2) is 4.98 Å². The number of carbonyl (C=O) groups is 3. The monoisotopic (exact) mass is 493 g/mol. The van der Waals surface area contributed by atoms with Crippen LogP contribution in [0.4, 0.5) is 5.82 Å². The second-order valence-corrected chi connectivity index (χ2v) is 10.0. The van der Waals surface area contributed by atoms with Gasteiger partial charge in [0.2, 0.25) is 5.91 Å². The highest BCUT2D eigenvalue weighted by Crippen LogP contribution is 2.31. The number of nitrogens with zero attached hydrogens (tertiary/aromatic N) is 4. The van der Waals surface area contributed by atoms with Crippen molar-refractivity contribution in [2.75, 3.05) is 32.5 Å². The molecule has 3 N–H and O–H groups in total. The zero-order valence-electron chi connectivity index (χ0n) is 19.6. The maximum absolute atomic E-state index is 12.6. The van der Waals surface area contributed by atoms with E-state index in [0.717, 1.165) is 37.2 Å². The van der Waals surface area contributed by atoms with Crippen LogP contribution in [0.25, 0.3) is 23.0 Å². The van der Waals surface area contributed by atoms with E-state index in [2.05, 4.69) is 25.9 Å². The summed E-state index contributed by atoms with van der Waals surface area (Å²) < 4.78 is 1.72. The van der Waals surface area contributed by atoms with Crippen molar-refractivity contribution in [2.24, 2.45) is 0 Å². The highest BCUT2D eigenvalue weighted by molar-refractivity contribution is 7.12. The van der Waals surface area contributed by atoms with Gasteiger partial charge in [-0.2, -0.15) is 9.61 Å². The van der Waals surface area contributed by atoms with Crippen molar-refractivity contribution in [1.82, 2.24) is 30.1 Å². The van der Waals surface area contributed by atoms with Gasteiger partial charge in [0.1, 0.15) is 5.82 Å². The lowest BCUT2D eigenvalue weighted by molar-refractivity contribution is -0.124. The van der Waals surface area contributed by atoms with E-state index in [1.165, 1.54) is 11.3 Å². The summed E-state index contributed by atoms with van der Waals surface area (Å²) in [7, 11) is 4.02. The third-order valence-electron chi connectivity index (χ3n) is 5.84. The number of aromatic nitrogens is 3. The Morgan fingerprint density at radius 2 is 2.14 bits per heavy atom. The Hall–Kier alpha value is -3.57. The third kappa shape index (κ3) is 5.25. The fraction of sp³-hybridized carbons (Fsp3) is 0.375. The molecular formula is C24H27N7O3S. The second-order valence-electron chi connectivity index (χ2n) is 9.12. The molecule has 1 saturated heterocycles. The van der Waals surface area contributed by atoms with E-state index >= 15 is 0 Å². The Balaban J connectivity index is 1.44. The van der Waals surface area contributed by atoms with Crippen molar-refractivity contribution in [2.45, 2.75) is 31.7 Å². The van der Waals surface area contributed by atoms with Crippen LogP contribution in [0.5, 0.6) is 0 Å². The van der Waals surface area contributed by atoms with Crippen molar-refractivity contribution >= 4 is 46.6 Å². The predicted octanol–water partition coefficient (Wildman–Crippen LogP) is 2.14. The average Bonchev–Trinajstić information content (AvgIpc) is 3.19. The number of rotatable bonds is 9. The number of carbonyl (C=O) groups excluding carboxylic acids is 3. The van der Waals surface area contributed by atoms with Crippen LogP contribution in [0.15, 0.2) is 29.3 Å². The molecule has 1 aliphatic carbocycles. The van der Waals surface area contributed by atoms with Crippen LogP contribution >= 0.6 is 11.3 Å². The fourth-order valence-corrected chi connectivity index (χ4v) is 4.67. The summed E-state index contributed by atoms with van der Waals surface area (Å²) in [6.07, 6.45) is 6.43. The van der Waals surface area contributed by atoms with Crippen LogP contribution in [-0.4, -0.2) is 70.4 Å². The minimum atomic E-state index is -0.388. The summed E-state index contributed by atoms with van der Waals surface area (Å²) in [4.78, 5) is 43.8. The summed E-state index contributed by atoms with van der Waals surface area (Å²) >= 11 is 1.38. The van der Waals surface area contributed by atoms with E-state index in [-0.39, 0.29) is 24.1 Å². The standard InChI is InChI=1S/C24H27N7O3S/c1-30(2)7-3-6-25-24(34)19-9-16(13-35-19)18-11-20(27-17-4-5-17)31-22(28-18)15(12-26-31)8-14-10-21(32)29-23(14)33/h8-9,11-13,17,27H,3-7,10H2,1-2H3,(H,25,34)(H,29,32,33)/b14-8+. The summed E-state index contributed by atoms with van der Waals surface area (Å²) in [5, 5.41) is 15.2. The van der Waals surface area contributed by atoms with Crippen molar-refractivity contribution in [3.8, 4) is 11.3 Å². The van der Waals surface area contributed by atoms with Gasteiger partial charge in [0.25, 0.3) is 11.8 Å². The number of anilines is 1. The Bertz CT molecular complexity index is 1340. The number of thiophene rings is 1. The van der Waals surface area contributed by atoms with Gasteiger partial charge in [-0.3, -0.25) is 19.7 Å². The van der Waals surface area contributed by atoms with Gasteiger partial charge < -0.3 is 15.5 Å². The van der Waals surface area contributed by atoms with Gasteiger partial charge in [-0.1, -0.05) is 0 Å². The second kappa shape index (κ2) is 9.59. The molecular weight excluding hydrogens is 466 g/mol. The molecule has 1 aliphatic heterocycles. The molecule has 3 aromatic rings. The van der Waals surface area contributed by atoms with Crippen LogP contribution in [0.3, 0.4) is 0 Å². The molecule has 182 valence electrons. The minimum absolute atomic E-state index is 0.0423. The van der Waals surface area contributed by atoms with E-state index in [1.54, 1.807) is 16.8 Å². The number of hydrogen-bond donors (Lipinski definition) is 3. The average molecular weight is 494 g/mol. The molecule has 0 radical (unpaired) electrons. The molecule has 11 heteroatoms. The quantitative estimate of drug-likeness (QED) is 0.237. The van der Waals surface area contributed by atoms with Crippen LogP contribution in [0.2, 0.25) is 0 Å². The lowest BCUT2D eigenvalue weighted by atomic mass is 10.1. The van der Waals surface area contributed by atoms with Gasteiger partial charge >= 0.3 is 0 Å². The maximum Gasteiger partial charge on any atom is 0.261 e. The largest absolute Gasteiger partial charge is 0.367 e. The normalized spacial score (nSPS) is 16.9. The zero-order valence-corrected chi connectivity index (χ0v) is 20.4. The van der Waals surface area contributed by atoms with E-state index in [0.29, 0.717) is 39.9 Å². The van der Waals surface area contributed by atoms with Crippen LogP contribution < -0.4 is 16.0 Å². The molecule has 0 spiro atoms. The first kappa shape index (κ1) is 23.2. The molecule has 3 aromatic heterocycles. The van der Waals surface area contributed by atoms with Gasteiger partial charge in [-0.05, 0) is 52.0 Å². The van der Waals surface area contributed by atoms with Crippen LogP contribution in [0.1, 0.15) is 40.9 Å². The summed E-state index contributed by atoms with van der Waals surface area (Å²) in [5.41, 5.74) is 3.16. The van der Waals surface area contributed by atoms with Crippen molar-refractivity contribution in [3.63, 3.8) is 0 Å². The number of hydrogen-bond acceptors (Lipinski definition) is 8. The van der Waals surface area contributed by atoms with E-state index in [9.17, 15) is 14.4 Å². The molecule has 4 heterocycles. The molecule has 2 fully saturated rings. The summed E-state index contributed by atoms with van der Waals surface area (Å²) in [5.74, 6) is 0.00301. The van der Waals surface area contributed by atoms with Gasteiger partial charge in [0, 0.05) is 40.7 Å². The van der Waals surface area contributed by atoms with Gasteiger partial charge in [0.15, 0.2) is 5.65 Å². The van der Waals surface area contributed by atoms with Crippen molar-refractivity contribution in [3.05, 3.63) is 39.7 Å². The molecule has 2 aliphatic rings. The Labute approximate surface area is 206 Å². The Morgan fingerprint density at radius 1 is 1.31 bits per heavy atom. The highest BCUT2D eigenvalue weighted by atomic mass is 32.1. The molecule has 0 unspecified atom stereocenters. The topological polar surface area (TPSA) is 121 Å². The number of amides is 3. The van der Waals surface area contributed by atoms with Gasteiger partial charge in [-0.15, -0.1) is 11.3 Å². The minimum Gasteiger partial charge on any atom is -0.367 e. The lowest BCUT2D eigenvalue weighted by Gasteiger charge is -2.10. The highest BCUT2D eigenvalue weighted by Gasteiger charge is 2.26. The molecule has 5 rings (SSSR count). The van der Waals surface area contributed by atoms with E-state index in [4.69, 9.17) is 4.98 Å². The maximum atomic E-state index is 12.6. The van der Waals surface area contributed by atoms with Crippen molar-refractivity contribution in [1.29, 1.82) is 0 Å². The van der Waals surface area contributed by atoms with Crippen LogP contribution in [-0.2, 0) is 9.59 Å². The number of fused-ring (bicyclic) bond motifs is 1. The molecule has 3 amide bonds. The molecule has 35 heavy (non-hydrogen) atoms. The first-order valence-electron chi connectivity index (χ1n) is 11.6. The first-order valence-corrected chi connectivity index (χ1v) is 12.5. The third-order valence-corrected chi connectivity index (χ3v) is 6.77. The SMILES string of the molecule is CN(C)CCCNC(=O)c1cc(-c2cc(NC3CC3)n3ncc(/C=C4\CC(=O)NC4=O)c3n2)cs1. The van der Waals surface area contributed by atoms with E-state index < -0.39 is 0 Å². The van der Waals surface area contributed by atoms with Crippen LogP contribution in [0, 0.1) is 0 Å². The molecule has 0 atom stereocenters. The number of imide groups is 1. The molecule has 0 bridgehead atoms. The Kier molecular flexibility index (Phi) is 6.35. The summed E-state index contributed by atoms with van der Waals surface area (Å²) in [6.45, 7) is 1.53. The van der Waals surface area contributed by atoms with Gasteiger partial charge in [0.05, 0.1) is 23.2 Å². The predicted molar refractivity (Wildman–Crippen MR) is 134 cm³/mol. The summed E-state index contributed by atoms with van der Waals surface area (Å²) in [6, 6.07) is 4.18. The smallest absolute Gasteiger partial charge is 0.261 e. The Morgan fingerprint density at radius 3 is 2.86 bits per heavy atom. The zero-order chi connectivity index (χ0) is 24.5. The molecule has 10 nitrogen and oxygen atoms in total. The van der Waals surface area contributed by atoms with E-state index in [1.807, 2.05) is 31.6 Å². The molecule has 1 saturated carbocycles. The molecule has 0 aromatic carbocycles. The fourth-order valence-electron chi connectivity index (χ4n) is 3.85.